The molecule has 156 valence electrons. The van der Waals surface area contributed by atoms with Gasteiger partial charge in [-0.05, 0) is 48.7 Å². The van der Waals surface area contributed by atoms with Crippen LogP contribution in [0.15, 0.2) is 77.4 Å². The Balaban J connectivity index is 1.68. The highest BCUT2D eigenvalue weighted by molar-refractivity contribution is 6.30. The van der Waals surface area contributed by atoms with Crippen molar-refractivity contribution < 1.29 is 14.0 Å². The Morgan fingerprint density at radius 1 is 1.00 bits per heavy atom. The maximum absolute atomic E-state index is 13.1. The second-order valence-corrected chi connectivity index (χ2v) is 7.54. The Hall–Kier alpha value is -3.05. The zero-order valence-electron chi connectivity index (χ0n) is 16.9. The molecule has 0 aliphatic carbocycles. The van der Waals surface area contributed by atoms with Gasteiger partial charge in [-0.3, -0.25) is 9.59 Å². The zero-order valence-corrected chi connectivity index (χ0v) is 17.6. The topological polar surface area (TPSA) is 62.6 Å². The molecule has 2 amide bonds. The first-order valence-corrected chi connectivity index (χ1v) is 10.3. The quantitative estimate of drug-likeness (QED) is 0.546. The van der Waals surface area contributed by atoms with Gasteiger partial charge < -0.3 is 14.6 Å². The van der Waals surface area contributed by atoms with Crippen molar-refractivity contribution in [1.82, 2.24) is 10.2 Å². The van der Waals surface area contributed by atoms with Gasteiger partial charge in [0.1, 0.15) is 11.8 Å². The summed E-state index contributed by atoms with van der Waals surface area (Å²) in [6, 6.07) is 20.1. The fourth-order valence-corrected chi connectivity index (χ4v) is 3.27. The molecule has 0 saturated heterocycles. The second kappa shape index (κ2) is 10.6. The van der Waals surface area contributed by atoms with Crippen molar-refractivity contribution in [2.75, 3.05) is 0 Å². The van der Waals surface area contributed by atoms with Crippen molar-refractivity contribution in [3.63, 3.8) is 0 Å². The number of nitrogens with zero attached hydrogens (tertiary/aromatic N) is 1. The second-order valence-electron chi connectivity index (χ2n) is 7.11. The van der Waals surface area contributed by atoms with Gasteiger partial charge in [-0.1, -0.05) is 54.1 Å². The Morgan fingerprint density at radius 3 is 2.40 bits per heavy atom. The summed E-state index contributed by atoms with van der Waals surface area (Å²) in [5, 5.41) is 3.47. The molecule has 1 aromatic heterocycles. The summed E-state index contributed by atoms with van der Waals surface area (Å²) in [5.74, 6) is 0.359. The van der Waals surface area contributed by atoms with Crippen LogP contribution in [0.3, 0.4) is 0 Å². The number of amides is 2. The fourth-order valence-electron chi connectivity index (χ4n) is 3.14. The maximum Gasteiger partial charge on any atom is 0.242 e. The lowest BCUT2D eigenvalue weighted by molar-refractivity contribution is -0.140. The number of halogens is 1. The van der Waals surface area contributed by atoms with Crippen molar-refractivity contribution in [3.8, 4) is 0 Å². The fraction of sp³-hybridized carbons (Fsp3) is 0.250. The lowest BCUT2D eigenvalue weighted by Gasteiger charge is -2.29. The van der Waals surface area contributed by atoms with Gasteiger partial charge >= 0.3 is 0 Å². The van der Waals surface area contributed by atoms with Crippen LogP contribution in [0.4, 0.5) is 0 Å². The molecule has 0 spiro atoms. The summed E-state index contributed by atoms with van der Waals surface area (Å²) in [6.07, 6.45) is 2.51. The standard InChI is InChI=1S/C24H25ClN2O3/c1-18(24(29)26-16-22-8-5-15-30-22)27(17-20-9-12-21(25)13-10-20)23(28)14-11-19-6-3-2-4-7-19/h2-10,12-13,15,18H,11,14,16-17H2,1H3,(H,26,29). The van der Waals surface area contributed by atoms with Gasteiger partial charge in [0.2, 0.25) is 11.8 Å². The SMILES string of the molecule is CC(C(=O)NCc1ccco1)N(Cc1ccc(Cl)cc1)C(=O)CCc1ccccc1. The minimum atomic E-state index is -0.626. The highest BCUT2D eigenvalue weighted by Gasteiger charge is 2.26. The molecule has 0 radical (unpaired) electrons. The lowest BCUT2D eigenvalue weighted by Crippen LogP contribution is -2.47. The average molecular weight is 425 g/mol. The third-order valence-electron chi connectivity index (χ3n) is 4.92. The molecule has 1 heterocycles. The van der Waals surface area contributed by atoms with E-state index >= 15 is 0 Å². The zero-order chi connectivity index (χ0) is 21.3. The van der Waals surface area contributed by atoms with Crippen LogP contribution in [0.25, 0.3) is 0 Å². The number of benzene rings is 2. The van der Waals surface area contributed by atoms with Gasteiger partial charge in [-0.2, -0.15) is 0 Å². The van der Waals surface area contributed by atoms with E-state index in [0.29, 0.717) is 30.2 Å². The van der Waals surface area contributed by atoms with Gasteiger partial charge in [0.05, 0.1) is 12.8 Å². The predicted octanol–water partition coefficient (Wildman–Crippen LogP) is 4.60. The van der Waals surface area contributed by atoms with E-state index in [-0.39, 0.29) is 18.4 Å². The first kappa shape index (κ1) is 21.7. The van der Waals surface area contributed by atoms with E-state index in [9.17, 15) is 9.59 Å². The van der Waals surface area contributed by atoms with Crippen LogP contribution >= 0.6 is 11.6 Å². The van der Waals surface area contributed by atoms with Gasteiger partial charge in [0, 0.05) is 18.0 Å². The van der Waals surface area contributed by atoms with Crippen molar-refractivity contribution in [2.24, 2.45) is 0 Å². The molecule has 30 heavy (non-hydrogen) atoms. The molecule has 6 heteroatoms. The van der Waals surface area contributed by atoms with E-state index in [1.165, 1.54) is 0 Å². The van der Waals surface area contributed by atoms with Gasteiger partial charge in [-0.15, -0.1) is 0 Å². The number of furan rings is 1. The van der Waals surface area contributed by atoms with E-state index in [2.05, 4.69) is 5.32 Å². The molecule has 2 aromatic carbocycles. The van der Waals surface area contributed by atoms with E-state index in [0.717, 1.165) is 11.1 Å². The molecule has 0 saturated carbocycles. The Labute approximate surface area is 181 Å². The van der Waals surface area contributed by atoms with Crippen LogP contribution in [-0.2, 0) is 29.1 Å². The maximum atomic E-state index is 13.1. The minimum Gasteiger partial charge on any atom is -0.467 e. The summed E-state index contributed by atoms with van der Waals surface area (Å²) in [7, 11) is 0. The third kappa shape index (κ3) is 6.22. The molecule has 5 nitrogen and oxygen atoms in total. The summed E-state index contributed by atoms with van der Waals surface area (Å²) in [4.78, 5) is 27.4. The van der Waals surface area contributed by atoms with E-state index in [1.807, 2.05) is 42.5 Å². The highest BCUT2D eigenvalue weighted by Crippen LogP contribution is 2.15. The molecule has 0 bridgehead atoms. The lowest BCUT2D eigenvalue weighted by atomic mass is 10.1. The molecule has 1 N–H and O–H groups in total. The number of hydrogen-bond donors (Lipinski definition) is 1. The van der Waals surface area contributed by atoms with Crippen molar-refractivity contribution in [1.29, 1.82) is 0 Å². The molecular formula is C24H25ClN2O3. The monoisotopic (exact) mass is 424 g/mol. The largest absolute Gasteiger partial charge is 0.467 e. The van der Waals surface area contributed by atoms with Crippen LogP contribution in [0.5, 0.6) is 0 Å². The smallest absolute Gasteiger partial charge is 0.242 e. The Bertz CT molecular complexity index is 940. The molecule has 1 unspecified atom stereocenters. The molecule has 1 atom stereocenters. The number of rotatable bonds is 9. The molecular weight excluding hydrogens is 400 g/mol. The van der Waals surface area contributed by atoms with Gasteiger partial charge in [-0.25, -0.2) is 0 Å². The number of carbonyl (C=O) groups excluding carboxylic acids is 2. The third-order valence-corrected chi connectivity index (χ3v) is 5.17. The van der Waals surface area contributed by atoms with Gasteiger partial charge in [0.25, 0.3) is 0 Å². The van der Waals surface area contributed by atoms with Crippen molar-refractivity contribution >= 4 is 23.4 Å². The number of carbonyl (C=O) groups is 2. The molecule has 0 aliphatic heterocycles. The molecule has 0 fully saturated rings. The van der Waals surface area contributed by atoms with E-state index in [4.69, 9.17) is 16.0 Å². The first-order chi connectivity index (χ1) is 14.5. The number of nitrogens with one attached hydrogen (secondary N) is 1. The number of hydrogen-bond acceptors (Lipinski definition) is 3. The summed E-state index contributed by atoms with van der Waals surface area (Å²) < 4.78 is 5.26. The first-order valence-electron chi connectivity index (χ1n) is 9.91. The van der Waals surface area contributed by atoms with Crippen molar-refractivity contribution in [2.45, 2.75) is 38.9 Å². The van der Waals surface area contributed by atoms with Crippen LogP contribution < -0.4 is 5.32 Å². The van der Waals surface area contributed by atoms with Crippen LogP contribution in [0, 0.1) is 0 Å². The van der Waals surface area contributed by atoms with Crippen LogP contribution in [0.1, 0.15) is 30.2 Å². The minimum absolute atomic E-state index is 0.0746. The van der Waals surface area contributed by atoms with E-state index < -0.39 is 6.04 Å². The van der Waals surface area contributed by atoms with Crippen LogP contribution in [0.2, 0.25) is 5.02 Å². The predicted molar refractivity (Wildman–Crippen MR) is 117 cm³/mol. The number of aryl methyl sites for hydroxylation is 1. The summed E-state index contributed by atoms with van der Waals surface area (Å²) in [6.45, 7) is 2.36. The molecule has 0 aliphatic rings. The molecule has 3 rings (SSSR count). The highest BCUT2D eigenvalue weighted by atomic mass is 35.5. The average Bonchev–Trinajstić information content (AvgIpc) is 3.29. The normalized spacial score (nSPS) is 11.7. The Morgan fingerprint density at radius 2 is 1.73 bits per heavy atom. The van der Waals surface area contributed by atoms with Gasteiger partial charge in [0.15, 0.2) is 0 Å². The Kier molecular flexibility index (Phi) is 7.69. The summed E-state index contributed by atoms with van der Waals surface area (Å²) in [5.41, 5.74) is 2.00. The van der Waals surface area contributed by atoms with Crippen LogP contribution in [-0.4, -0.2) is 22.8 Å². The van der Waals surface area contributed by atoms with E-state index in [1.54, 1.807) is 42.4 Å². The van der Waals surface area contributed by atoms with Crippen molar-refractivity contribution in [3.05, 3.63) is 94.9 Å². The summed E-state index contributed by atoms with van der Waals surface area (Å²) >= 11 is 5.98. The molecule has 3 aromatic rings.